The molecule has 12 nitrogen and oxygen atoms in total. The molecule has 0 aliphatic carbocycles. The monoisotopic (exact) mass is 610 g/mol. The number of rotatable bonds is 12. The van der Waals surface area contributed by atoms with E-state index in [0.717, 1.165) is 0 Å². The summed E-state index contributed by atoms with van der Waals surface area (Å²) in [6.07, 6.45) is 1.95. The van der Waals surface area contributed by atoms with Gasteiger partial charge in [0.05, 0.1) is 23.9 Å². The predicted octanol–water partition coefficient (Wildman–Crippen LogP) is -3.56. The van der Waals surface area contributed by atoms with Crippen molar-refractivity contribution in [2.24, 2.45) is 46.6 Å². The normalized spacial score (nSPS) is 13.4. The molecule has 0 amide bonds. The largest absolute Gasteiger partial charge is 4.00 e. The van der Waals surface area contributed by atoms with Crippen LogP contribution in [-0.2, 0) is 45.4 Å². The molecule has 0 aromatic heterocycles. The molecule has 0 saturated carbocycles. The van der Waals surface area contributed by atoms with E-state index in [2.05, 4.69) is 0 Å². The summed E-state index contributed by atoms with van der Waals surface area (Å²) < 4.78 is 0. The molecule has 0 aromatic carbocycles. The number of carboxylic acid groups (broad SMARTS) is 4. The molecular formula is C24H48N4O8Zr. The number of aliphatic carboxylic acids is 4. The van der Waals surface area contributed by atoms with Crippen LogP contribution in [0.4, 0.5) is 0 Å². The van der Waals surface area contributed by atoms with E-state index in [9.17, 15) is 39.6 Å². The van der Waals surface area contributed by atoms with Crippen LogP contribution in [-0.4, -0.2) is 48.0 Å². The van der Waals surface area contributed by atoms with Gasteiger partial charge in [0.1, 0.15) is 0 Å². The van der Waals surface area contributed by atoms with Crippen molar-refractivity contribution in [2.45, 2.75) is 105 Å². The van der Waals surface area contributed by atoms with Gasteiger partial charge < -0.3 is 62.5 Å². The maximum absolute atomic E-state index is 10.00. The molecule has 37 heavy (non-hydrogen) atoms. The van der Waals surface area contributed by atoms with Crippen LogP contribution in [0.2, 0.25) is 0 Å². The molecule has 0 aliphatic heterocycles. The number of carboxylic acids is 4. The van der Waals surface area contributed by atoms with Gasteiger partial charge in [0.2, 0.25) is 0 Å². The first-order valence-electron chi connectivity index (χ1n) is 12.0. The van der Waals surface area contributed by atoms with Gasteiger partial charge in [-0.05, 0) is 49.4 Å². The third-order valence-corrected chi connectivity index (χ3v) is 4.11. The van der Waals surface area contributed by atoms with E-state index < -0.39 is 48.0 Å². The smallest absolute Gasteiger partial charge is 0.548 e. The average Bonchev–Trinajstić information content (AvgIpc) is 2.67. The second-order valence-corrected chi connectivity index (χ2v) is 10.2. The van der Waals surface area contributed by atoms with Crippen LogP contribution >= 0.6 is 0 Å². The van der Waals surface area contributed by atoms with Gasteiger partial charge in [0.25, 0.3) is 0 Å². The first kappa shape index (κ1) is 45.5. The predicted molar refractivity (Wildman–Crippen MR) is 130 cm³/mol. The van der Waals surface area contributed by atoms with E-state index in [1.807, 2.05) is 55.4 Å². The Hall–Kier alpha value is -1.40. The summed E-state index contributed by atoms with van der Waals surface area (Å²) in [6, 6.07) is -3.20. The van der Waals surface area contributed by atoms with E-state index >= 15 is 0 Å². The first-order chi connectivity index (χ1) is 16.1. The first-order valence-corrected chi connectivity index (χ1v) is 12.0. The summed E-state index contributed by atoms with van der Waals surface area (Å²) in [7, 11) is 0. The summed E-state index contributed by atoms with van der Waals surface area (Å²) in [4.78, 5) is 40.0. The minimum atomic E-state index is -1.16. The Morgan fingerprint density at radius 2 is 0.541 bits per heavy atom. The summed E-state index contributed by atoms with van der Waals surface area (Å²) in [5, 5.41) is 40.0. The third-order valence-electron chi connectivity index (χ3n) is 4.11. The van der Waals surface area contributed by atoms with Crippen LogP contribution in [0.1, 0.15) is 81.1 Å². The number of carbonyl (C=O) groups is 4. The fraction of sp³-hybridized carbons (Fsp3) is 0.833. The van der Waals surface area contributed by atoms with Gasteiger partial charge >= 0.3 is 26.2 Å². The van der Waals surface area contributed by atoms with Crippen LogP contribution in [0.15, 0.2) is 0 Å². The molecule has 4 atom stereocenters. The fourth-order valence-electron chi connectivity index (χ4n) is 2.42. The van der Waals surface area contributed by atoms with Crippen LogP contribution in [0.25, 0.3) is 0 Å². The SMILES string of the molecule is CC(C)C[C@H](N)C(=O)[O-].CC(C)C[C@H](N)C(=O)[O-].CC(C)C[C@H](N)C(=O)[O-].CC(C)C[C@H](N)C(=O)[O-].[Zr+4]. The van der Waals surface area contributed by atoms with Gasteiger partial charge in [-0.3, -0.25) is 0 Å². The number of hydrogen-bond donors (Lipinski definition) is 4. The van der Waals surface area contributed by atoms with Gasteiger partial charge in [-0.15, -0.1) is 0 Å². The molecule has 0 radical (unpaired) electrons. The number of carbonyl (C=O) groups excluding carboxylic acids is 4. The summed E-state index contributed by atoms with van der Waals surface area (Å²) in [5.41, 5.74) is 20.6. The Labute approximate surface area is 241 Å². The zero-order valence-electron chi connectivity index (χ0n) is 23.5. The zero-order chi connectivity index (χ0) is 29.8. The molecule has 0 bridgehead atoms. The van der Waals surface area contributed by atoms with Gasteiger partial charge in [-0.25, -0.2) is 0 Å². The maximum Gasteiger partial charge on any atom is 4.00 e. The Morgan fingerprint density at radius 3 is 0.568 bits per heavy atom. The molecule has 8 N–H and O–H groups in total. The van der Waals surface area contributed by atoms with Crippen LogP contribution < -0.4 is 43.4 Å². The fourth-order valence-corrected chi connectivity index (χ4v) is 2.42. The van der Waals surface area contributed by atoms with E-state index in [4.69, 9.17) is 22.9 Å². The minimum Gasteiger partial charge on any atom is -0.548 e. The van der Waals surface area contributed by atoms with E-state index in [1.54, 1.807) is 0 Å². The van der Waals surface area contributed by atoms with Crippen molar-refractivity contribution < 1.29 is 65.8 Å². The summed E-state index contributed by atoms with van der Waals surface area (Å²) in [6.45, 7) is 15.4. The van der Waals surface area contributed by atoms with Crippen molar-refractivity contribution in [3.8, 4) is 0 Å². The summed E-state index contributed by atoms with van der Waals surface area (Å²) >= 11 is 0. The van der Waals surface area contributed by atoms with Crippen molar-refractivity contribution in [3.05, 3.63) is 0 Å². The summed E-state index contributed by atoms with van der Waals surface area (Å²) in [5.74, 6) is -3.38. The van der Waals surface area contributed by atoms with Gasteiger partial charge in [-0.2, -0.15) is 0 Å². The molecule has 216 valence electrons. The topological polar surface area (TPSA) is 265 Å². The van der Waals surface area contributed by atoms with Crippen LogP contribution in [0, 0.1) is 23.7 Å². The van der Waals surface area contributed by atoms with Gasteiger partial charge in [0, 0.05) is 24.2 Å². The quantitative estimate of drug-likeness (QED) is 0.167. The Morgan fingerprint density at radius 1 is 0.432 bits per heavy atom. The molecule has 0 saturated heterocycles. The molecule has 0 aliphatic rings. The Balaban J connectivity index is -0.000000122. The van der Waals surface area contributed by atoms with Crippen molar-refractivity contribution in [3.63, 3.8) is 0 Å². The van der Waals surface area contributed by atoms with Crippen molar-refractivity contribution in [1.82, 2.24) is 0 Å². The van der Waals surface area contributed by atoms with Crippen LogP contribution in [0.3, 0.4) is 0 Å². The van der Waals surface area contributed by atoms with Crippen molar-refractivity contribution in [1.29, 1.82) is 0 Å². The van der Waals surface area contributed by atoms with Crippen molar-refractivity contribution >= 4 is 23.9 Å². The van der Waals surface area contributed by atoms with Crippen LogP contribution in [0.5, 0.6) is 0 Å². The van der Waals surface area contributed by atoms with Gasteiger partial charge in [-0.1, -0.05) is 55.4 Å². The molecule has 13 heteroatoms. The van der Waals surface area contributed by atoms with E-state index in [0.29, 0.717) is 49.4 Å². The zero-order valence-corrected chi connectivity index (χ0v) is 26.0. The molecular weight excluding hydrogens is 564 g/mol. The molecule has 0 spiro atoms. The molecule has 0 rings (SSSR count). The molecule has 0 aromatic rings. The minimum absolute atomic E-state index is 0. The Kier molecular flexibility index (Phi) is 32.3. The molecule has 0 fully saturated rings. The maximum atomic E-state index is 10.00. The third kappa shape index (κ3) is 39.3. The van der Waals surface area contributed by atoms with Gasteiger partial charge in [0.15, 0.2) is 0 Å². The standard InChI is InChI=1S/4C6H13NO2.Zr/c4*1-4(2)3-5(7)6(8)9;/h4*4-5H,3,7H2,1-2H3,(H,8,9);/q;;;;+4/p-4/t4*5-;/m0000./s1. The number of nitrogens with two attached hydrogens (primary N) is 4. The van der Waals surface area contributed by atoms with Crippen molar-refractivity contribution in [2.75, 3.05) is 0 Å². The average molecular weight is 612 g/mol. The van der Waals surface area contributed by atoms with E-state index in [1.165, 1.54) is 0 Å². The molecule has 0 heterocycles. The second kappa shape index (κ2) is 26.2. The van der Waals surface area contributed by atoms with E-state index in [-0.39, 0.29) is 26.2 Å². The Bertz CT molecular complexity index is 516. The number of hydrogen-bond acceptors (Lipinski definition) is 12. The molecule has 0 unspecified atom stereocenters. The second-order valence-electron chi connectivity index (χ2n) is 10.2.